The third-order valence-electron chi connectivity index (χ3n) is 4.64. The molecule has 3 rings (SSSR count). The van der Waals surface area contributed by atoms with E-state index in [4.69, 9.17) is 0 Å². The van der Waals surface area contributed by atoms with Gasteiger partial charge in [0, 0.05) is 17.3 Å². The highest BCUT2D eigenvalue weighted by Gasteiger charge is 2.30. The molecule has 0 aliphatic rings. The van der Waals surface area contributed by atoms with Crippen molar-refractivity contribution in [2.45, 2.75) is 33.5 Å². The molecule has 30 heavy (non-hydrogen) atoms. The first-order valence-electron chi connectivity index (χ1n) is 9.16. The quantitative estimate of drug-likeness (QED) is 0.683. The first-order chi connectivity index (χ1) is 14.0. The summed E-state index contributed by atoms with van der Waals surface area (Å²) in [7, 11) is 0. The van der Waals surface area contributed by atoms with E-state index in [1.165, 1.54) is 24.5 Å². The molecule has 0 radical (unpaired) electrons. The molecule has 3 aromatic rings. The summed E-state index contributed by atoms with van der Waals surface area (Å²) >= 11 is 0. The third-order valence-corrected chi connectivity index (χ3v) is 4.64. The summed E-state index contributed by atoms with van der Waals surface area (Å²) in [5.74, 6) is -0.378. The molecule has 5 nitrogen and oxygen atoms in total. The molecule has 0 saturated heterocycles. The highest BCUT2D eigenvalue weighted by molar-refractivity contribution is 5.92. The highest BCUT2D eigenvalue weighted by atomic mass is 19.4. The molecule has 1 heterocycles. The Morgan fingerprint density at radius 2 is 1.63 bits per heavy atom. The van der Waals surface area contributed by atoms with Crippen molar-refractivity contribution in [3.8, 4) is 11.3 Å². The zero-order valence-corrected chi connectivity index (χ0v) is 16.7. The van der Waals surface area contributed by atoms with E-state index in [9.17, 15) is 22.8 Å². The van der Waals surface area contributed by atoms with Gasteiger partial charge in [0.1, 0.15) is 6.54 Å². The Bertz CT molecular complexity index is 1130. The van der Waals surface area contributed by atoms with Gasteiger partial charge in [-0.3, -0.25) is 14.2 Å². The second-order valence-electron chi connectivity index (χ2n) is 7.14. The Morgan fingerprint density at radius 1 is 1.03 bits per heavy atom. The number of hydrogen-bond acceptors (Lipinski definition) is 3. The second-order valence-corrected chi connectivity index (χ2v) is 7.14. The number of benzene rings is 2. The standard InChI is InChI=1S/C22H20F3N3O2/c1-13-8-14(2)21(15(3)9-13)27-19(29)11-28-12-26-18(10-20(28)30)16-4-6-17(7-5-16)22(23,24)25/h4-10,12H,11H2,1-3H3,(H,27,29). The van der Waals surface area contributed by atoms with Gasteiger partial charge in [0.25, 0.3) is 5.56 Å². The van der Waals surface area contributed by atoms with Gasteiger partial charge < -0.3 is 5.32 Å². The van der Waals surface area contributed by atoms with Crippen LogP contribution in [0, 0.1) is 20.8 Å². The van der Waals surface area contributed by atoms with Crippen LogP contribution in [0.4, 0.5) is 18.9 Å². The summed E-state index contributed by atoms with van der Waals surface area (Å²) in [6.07, 6.45) is -3.22. The van der Waals surface area contributed by atoms with E-state index in [1.807, 2.05) is 32.9 Å². The van der Waals surface area contributed by atoms with E-state index in [2.05, 4.69) is 10.3 Å². The van der Waals surface area contributed by atoms with Gasteiger partial charge in [0.15, 0.2) is 0 Å². The summed E-state index contributed by atoms with van der Waals surface area (Å²) in [6.45, 7) is 5.52. The van der Waals surface area contributed by atoms with Crippen molar-refractivity contribution in [3.05, 3.63) is 81.4 Å². The Hall–Kier alpha value is -3.42. The molecule has 1 aromatic heterocycles. The lowest BCUT2D eigenvalue weighted by atomic mass is 10.1. The molecule has 2 aromatic carbocycles. The number of amides is 1. The van der Waals surface area contributed by atoms with Crippen LogP contribution in [-0.2, 0) is 17.5 Å². The summed E-state index contributed by atoms with van der Waals surface area (Å²) in [6, 6.07) is 9.47. The largest absolute Gasteiger partial charge is 0.416 e. The van der Waals surface area contributed by atoms with E-state index in [0.717, 1.165) is 33.4 Å². The lowest BCUT2D eigenvalue weighted by molar-refractivity contribution is -0.137. The highest BCUT2D eigenvalue weighted by Crippen LogP contribution is 2.30. The second kappa shape index (κ2) is 8.14. The number of carbonyl (C=O) groups is 1. The van der Waals surface area contributed by atoms with E-state index in [-0.39, 0.29) is 18.1 Å². The van der Waals surface area contributed by atoms with Gasteiger partial charge in [-0.1, -0.05) is 29.8 Å². The van der Waals surface area contributed by atoms with E-state index in [0.29, 0.717) is 11.3 Å². The van der Waals surface area contributed by atoms with Crippen LogP contribution >= 0.6 is 0 Å². The van der Waals surface area contributed by atoms with Crippen LogP contribution in [0.3, 0.4) is 0 Å². The lowest BCUT2D eigenvalue weighted by Crippen LogP contribution is -2.28. The number of carbonyl (C=O) groups excluding carboxylic acids is 1. The fourth-order valence-corrected chi connectivity index (χ4v) is 3.24. The average Bonchev–Trinajstić information content (AvgIpc) is 2.66. The zero-order valence-electron chi connectivity index (χ0n) is 16.7. The van der Waals surface area contributed by atoms with E-state index in [1.54, 1.807) is 0 Å². The van der Waals surface area contributed by atoms with Gasteiger partial charge in [-0.2, -0.15) is 13.2 Å². The van der Waals surface area contributed by atoms with Crippen LogP contribution in [0.15, 0.2) is 53.6 Å². The summed E-state index contributed by atoms with van der Waals surface area (Å²) in [5.41, 5.74) is 2.98. The van der Waals surface area contributed by atoms with Gasteiger partial charge in [-0.25, -0.2) is 4.98 Å². The lowest BCUT2D eigenvalue weighted by Gasteiger charge is -2.13. The molecule has 1 amide bonds. The molecule has 8 heteroatoms. The minimum Gasteiger partial charge on any atom is -0.324 e. The van der Waals surface area contributed by atoms with E-state index < -0.39 is 17.3 Å². The fourth-order valence-electron chi connectivity index (χ4n) is 3.24. The van der Waals surface area contributed by atoms with Gasteiger partial charge in [-0.05, 0) is 44.0 Å². The zero-order chi connectivity index (χ0) is 22.1. The maximum atomic E-state index is 12.7. The normalized spacial score (nSPS) is 11.4. The molecule has 1 N–H and O–H groups in total. The van der Waals surface area contributed by atoms with Gasteiger partial charge >= 0.3 is 6.18 Å². The van der Waals surface area contributed by atoms with Crippen molar-refractivity contribution >= 4 is 11.6 Å². The van der Waals surface area contributed by atoms with Crippen LogP contribution in [0.2, 0.25) is 0 Å². The Balaban J connectivity index is 1.76. The van der Waals surface area contributed by atoms with Crippen LogP contribution in [0.25, 0.3) is 11.3 Å². The minimum absolute atomic E-state index is 0.230. The van der Waals surface area contributed by atoms with Crippen molar-refractivity contribution in [1.82, 2.24) is 9.55 Å². The van der Waals surface area contributed by atoms with Crippen LogP contribution in [0.5, 0.6) is 0 Å². The number of aromatic nitrogens is 2. The maximum Gasteiger partial charge on any atom is 0.416 e. The minimum atomic E-state index is -4.43. The van der Waals surface area contributed by atoms with Crippen molar-refractivity contribution in [1.29, 1.82) is 0 Å². The molecular weight excluding hydrogens is 395 g/mol. The summed E-state index contributed by atoms with van der Waals surface area (Å²) < 4.78 is 39.2. The number of halogens is 3. The van der Waals surface area contributed by atoms with Crippen molar-refractivity contribution < 1.29 is 18.0 Å². The molecule has 0 unspecified atom stereocenters. The molecule has 0 aliphatic heterocycles. The molecule has 156 valence electrons. The number of nitrogens with zero attached hydrogens (tertiary/aromatic N) is 2. The third kappa shape index (κ3) is 4.76. The molecule has 0 fully saturated rings. The molecule has 0 saturated carbocycles. The summed E-state index contributed by atoms with van der Waals surface area (Å²) in [5, 5.41) is 2.82. The molecule has 0 spiro atoms. The molecular formula is C22H20F3N3O2. The van der Waals surface area contributed by atoms with Gasteiger partial charge in [0.05, 0.1) is 17.6 Å². The molecule has 0 bridgehead atoms. The van der Waals surface area contributed by atoms with Crippen LogP contribution in [0.1, 0.15) is 22.3 Å². The molecule has 0 aliphatic carbocycles. The smallest absolute Gasteiger partial charge is 0.324 e. The first-order valence-corrected chi connectivity index (χ1v) is 9.16. The average molecular weight is 415 g/mol. The Kier molecular flexibility index (Phi) is 5.78. The Morgan fingerprint density at radius 3 is 2.17 bits per heavy atom. The summed E-state index contributed by atoms with van der Waals surface area (Å²) in [4.78, 5) is 28.9. The monoisotopic (exact) mass is 415 g/mol. The van der Waals surface area contributed by atoms with Crippen LogP contribution < -0.4 is 10.9 Å². The number of alkyl halides is 3. The maximum absolute atomic E-state index is 12.7. The number of nitrogens with one attached hydrogen (secondary N) is 1. The number of aryl methyl sites for hydroxylation is 3. The first kappa shape index (κ1) is 21.3. The van der Waals surface area contributed by atoms with Crippen molar-refractivity contribution in [2.24, 2.45) is 0 Å². The van der Waals surface area contributed by atoms with E-state index >= 15 is 0 Å². The van der Waals surface area contributed by atoms with Gasteiger partial charge in [0.2, 0.25) is 5.91 Å². The van der Waals surface area contributed by atoms with Crippen LogP contribution in [-0.4, -0.2) is 15.5 Å². The Labute approximate surface area is 171 Å². The van der Waals surface area contributed by atoms with Gasteiger partial charge in [-0.15, -0.1) is 0 Å². The predicted octanol–water partition coefficient (Wildman–Crippen LogP) is 4.49. The predicted molar refractivity (Wildman–Crippen MR) is 108 cm³/mol. The fraction of sp³-hybridized carbons (Fsp3) is 0.227. The number of rotatable bonds is 4. The SMILES string of the molecule is Cc1cc(C)c(NC(=O)Cn2cnc(-c3ccc(C(F)(F)F)cc3)cc2=O)c(C)c1. The van der Waals surface area contributed by atoms with Crippen molar-refractivity contribution in [3.63, 3.8) is 0 Å². The molecule has 0 atom stereocenters. The number of anilines is 1. The number of hydrogen-bond donors (Lipinski definition) is 1. The topological polar surface area (TPSA) is 64.0 Å². The van der Waals surface area contributed by atoms with Crippen molar-refractivity contribution in [2.75, 3.05) is 5.32 Å².